The van der Waals surface area contributed by atoms with E-state index in [4.69, 9.17) is 16.9 Å². The van der Waals surface area contributed by atoms with Crippen LogP contribution in [0.2, 0.25) is 0 Å². The topological polar surface area (TPSA) is 59.3 Å². The van der Waals surface area contributed by atoms with Gasteiger partial charge in [0.2, 0.25) is 0 Å². The lowest BCUT2D eigenvalue weighted by atomic mass is 10.0. The number of hydrogen-bond donors (Lipinski definition) is 0. The molecule has 0 bridgehead atoms. The Hall–Kier alpha value is -1.94. The van der Waals surface area contributed by atoms with Crippen molar-refractivity contribution in [2.75, 3.05) is 6.61 Å². The quantitative estimate of drug-likeness (QED) is 0.632. The maximum Gasteiger partial charge on any atom is 0.573 e. The lowest BCUT2D eigenvalue weighted by molar-refractivity contribution is -0.275. The van der Waals surface area contributed by atoms with E-state index < -0.39 is 29.5 Å². The van der Waals surface area contributed by atoms with Gasteiger partial charge in [0.05, 0.1) is 24.1 Å². The van der Waals surface area contributed by atoms with Crippen LogP contribution in [-0.4, -0.2) is 18.9 Å². The predicted octanol–water partition coefficient (Wildman–Crippen LogP) is 3.37. The minimum Gasteiger partial charge on any atom is -0.462 e. The van der Waals surface area contributed by atoms with E-state index in [1.807, 2.05) is 0 Å². The molecule has 0 aromatic heterocycles. The Labute approximate surface area is 117 Å². The molecular weight excluding hydrogens is 299 g/mol. The fourth-order valence-electron chi connectivity index (χ4n) is 1.47. The summed E-state index contributed by atoms with van der Waals surface area (Å²) in [5.41, 5.74) is -0.747. The number of carbonyl (C=O) groups excluding carboxylic acids is 1. The predicted molar refractivity (Wildman–Crippen MR) is 63.4 cm³/mol. The maximum atomic E-state index is 12.4. The number of benzene rings is 1. The molecule has 20 heavy (non-hydrogen) atoms. The van der Waals surface area contributed by atoms with E-state index in [0.29, 0.717) is 0 Å². The molecule has 0 radical (unpaired) electrons. The summed E-state index contributed by atoms with van der Waals surface area (Å²) in [6, 6.07) is 3.91. The van der Waals surface area contributed by atoms with Gasteiger partial charge in [0.1, 0.15) is 11.3 Å². The Balaban J connectivity index is 3.44. The van der Waals surface area contributed by atoms with Gasteiger partial charge in [-0.1, -0.05) is 0 Å². The second-order valence-corrected chi connectivity index (χ2v) is 3.75. The van der Waals surface area contributed by atoms with Gasteiger partial charge in [0.15, 0.2) is 0 Å². The molecule has 1 rings (SSSR count). The molecular formula is C12H9ClF3NO3. The van der Waals surface area contributed by atoms with Gasteiger partial charge in [-0.15, -0.1) is 24.8 Å². The highest BCUT2D eigenvalue weighted by Crippen LogP contribution is 2.33. The average Bonchev–Trinajstić information content (AvgIpc) is 2.36. The number of nitrogens with zero attached hydrogens (tertiary/aromatic N) is 1. The normalized spacial score (nSPS) is 10.8. The molecule has 0 aliphatic heterocycles. The fraction of sp³-hybridized carbons (Fsp3) is 0.333. The highest BCUT2D eigenvalue weighted by Gasteiger charge is 2.35. The monoisotopic (exact) mass is 307 g/mol. The summed E-state index contributed by atoms with van der Waals surface area (Å²) in [7, 11) is 0. The van der Waals surface area contributed by atoms with Crippen LogP contribution in [0.4, 0.5) is 13.2 Å². The zero-order chi connectivity index (χ0) is 15.3. The summed E-state index contributed by atoms with van der Waals surface area (Å²) in [4.78, 5) is 11.6. The van der Waals surface area contributed by atoms with Gasteiger partial charge in [-0.3, -0.25) is 0 Å². The molecule has 1 aromatic rings. The summed E-state index contributed by atoms with van der Waals surface area (Å²) < 4.78 is 45.7. The molecule has 4 nitrogen and oxygen atoms in total. The molecule has 0 aliphatic carbocycles. The van der Waals surface area contributed by atoms with Gasteiger partial charge in [-0.05, 0) is 19.1 Å². The molecule has 8 heteroatoms. The summed E-state index contributed by atoms with van der Waals surface area (Å²) in [6.45, 7) is 1.49. The first-order valence-electron chi connectivity index (χ1n) is 5.38. The molecule has 108 valence electrons. The van der Waals surface area contributed by atoms with Crippen molar-refractivity contribution in [3.63, 3.8) is 0 Å². The first-order chi connectivity index (χ1) is 9.34. The van der Waals surface area contributed by atoms with Gasteiger partial charge >= 0.3 is 12.3 Å². The van der Waals surface area contributed by atoms with Crippen LogP contribution in [-0.2, 0) is 10.6 Å². The first-order valence-corrected chi connectivity index (χ1v) is 5.92. The molecule has 0 aliphatic rings. The van der Waals surface area contributed by atoms with Crippen molar-refractivity contribution in [2.24, 2.45) is 0 Å². The van der Waals surface area contributed by atoms with Crippen molar-refractivity contribution in [1.82, 2.24) is 0 Å². The van der Waals surface area contributed by atoms with Crippen LogP contribution in [0, 0.1) is 11.3 Å². The number of nitriles is 1. The molecule has 0 N–H and O–H groups in total. The lowest BCUT2D eigenvalue weighted by Crippen LogP contribution is -2.21. The maximum absolute atomic E-state index is 12.4. The molecule has 0 spiro atoms. The van der Waals surface area contributed by atoms with Gasteiger partial charge < -0.3 is 9.47 Å². The second-order valence-electron chi connectivity index (χ2n) is 3.48. The van der Waals surface area contributed by atoms with E-state index in [9.17, 15) is 18.0 Å². The van der Waals surface area contributed by atoms with Crippen LogP contribution in [0.25, 0.3) is 0 Å². The third-order valence-electron chi connectivity index (χ3n) is 2.23. The van der Waals surface area contributed by atoms with E-state index in [1.165, 1.54) is 13.0 Å². The van der Waals surface area contributed by atoms with Gasteiger partial charge in [0.25, 0.3) is 0 Å². The van der Waals surface area contributed by atoms with E-state index >= 15 is 0 Å². The summed E-state index contributed by atoms with van der Waals surface area (Å²) in [5.74, 6) is -2.20. The van der Waals surface area contributed by atoms with E-state index in [1.54, 1.807) is 6.07 Å². The Kier molecular flexibility index (Phi) is 5.22. The number of rotatable bonds is 4. The van der Waals surface area contributed by atoms with Crippen molar-refractivity contribution in [2.45, 2.75) is 19.2 Å². The van der Waals surface area contributed by atoms with Gasteiger partial charge in [-0.2, -0.15) is 5.26 Å². The number of halogens is 4. The van der Waals surface area contributed by atoms with Crippen molar-refractivity contribution >= 4 is 17.6 Å². The highest BCUT2D eigenvalue weighted by molar-refractivity contribution is 6.17. The Morgan fingerprint density at radius 2 is 2.10 bits per heavy atom. The van der Waals surface area contributed by atoms with E-state index in [0.717, 1.165) is 6.07 Å². The Bertz CT molecular complexity index is 552. The van der Waals surface area contributed by atoms with Crippen LogP contribution in [0.15, 0.2) is 12.1 Å². The highest BCUT2D eigenvalue weighted by atomic mass is 35.5. The van der Waals surface area contributed by atoms with Gasteiger partial charge in [-0.25, -0.2) is 4.79 Å². The lowest BCUT2D eigenvalue weighted by Gasteiger charge is -2.16. The Morgan fingerprint density at radius 3 is 2.55 bits per heavy atom. The zero-order valence-corrected chi connectivity index (χ0v) is 11.0. The number of alkyl halides is 4. The molecule has 0 unspecified atom stereocenters. The fourth-order valence-corrected chi connectivity index (χ4v) is 1.73. The van der Waals surface area contributed by atoms with Crippen LogP contribution in [0.5, 0.6) is 5.75 Å². The Morgan fingerprint density at radius 1 is 1.45 bits per heavy atom. The van der Waals surface area contributed by atoms with Crippen molar-refractivity contribution in [3.8, 4) is 11.8 Å². The molecule has 0 saturated heterocycles. The van der Waals surface area contributed by atoms with E-state index in [-0.39, 0.29) is 17.7 Å². The molecule has 0 atom stereocenters. The molecule has 0 saturated carbocycles. The van der Waals surface area contributed by atoms with Crippen molar-refractivity contribution < 1.29 is 27.4 Å². The van der Waals surface area contributed by atoms with Crippen LogP contribution < -0.4 is 4.74 Å². The third kappa shape index (κ3) is 3.78. The SMILES string of the molecule is CCOC(=O)c1ccc(C#N)c(CCl)c1OC(F)(F)F. The number of ether oxygens (including phenoxy) is 2. The average molecular weight is 308 g/mol. The molecule has 0 fully saturated rings. The molecule has 0 heterocycles. The smallest absolute Gasteiger partial charge is 0.462 e. The van der Waals surface area contributed by atoms with Crippen molar-refractivity contribution in [1.29, 1.82) is 5.26 Å². The van der Waals surface area contributed by atoms with Crippen LogP contribution in [0.1, 0.15) is 28.4 Å². The summed E-state index contributed by atoms with van der Waals surface area (Å²) in [5, 5.41) is 8.84. The van der Waals surface area contributed by atoms with E-state index in [2.05, 4.69) is 9.47 Å². The summed E-state index contributed by atoms with van der Waals surface area (Å²) in [6.07, 6.45) is -5.02. The molecule has 1 aromatic carbocycles. The summed E-state index contributed by atoms with van der Waals surface area (Å²) >= 11 is 5.55. The number of esters is 1. The zero-order valence-electron chi connectivity index (χ0n) is 10.3. The molecule has 0 amide bonds. The van der Waals surface area contributed by atoms with Crippen LogP contribution >= 0.6 is 11.6 Å². The van der Waals surface area contributed by atoms with Gasteiger partial charge in [0, 0.05) is 5.56 Å². The minimum atomic E-state index is -5.02. The largest absolute Gasteiger partial charge is 0.573 e. The first kappa shape index (κ1) is 16.1. The number of hydrogen-bond acceptors (Lipinski definition) is 4. The third-order valence-corrected chi connectivity index (χ3v) is 2.49. The standard InChI is InChI=1S/C12H9ClF3NO3/c1-2-19-11(18)8-4-3-7(6-17)9(5-13)10(8)20-12(14,15)16/h3-4H,2,5H2,1H3. The second kappa shape index (κ2) is 6.48. The minimum absolute atomic E-state index is 0.0134. The van der Waals surface area contributed by atoms with Crippen molar-refractivity contribution in [3.05, 3.63) is 28.8 Å². The van der Waals surface area contributed by atoms with Crippen LogP contribution in [0.3, 0.4) is 0 Å². The number of carbonyl (C=O) groups is 1.